The number of rotatable bonds is 5. The van der Waals surface area contributed by atoms with E-state index < -0.39 is 0 Å². The van der Waals surface area contributed by atoms with Crippen LogP contribution in [0.25, 0.3) is 105 Å². The number of hydrogen-bond acceptors (Lipinski definition) is 0. The van der Waals surface area contributed by atoms with Gasteiger partial charge in [-0.2, -0.15) is 0 Å². The Hall–Kier alpha value is -7.62. The Labute approximate surface area is 329 Å². The molecule has 0 unspecified atom stereocenters. The van der Waals surface area contributed by atoms with Gasteiger partial charge in [0.2, 0.25) is 0 Å². The molecule has 0 radical (unpaired) electrons. The highest BCUT2D eigenvalue weighted by Gasteiger charge is 2.21. The Kier molecular flexibility index (Phi) is 6.93. The molecule has 3 heteroatoms. The molecule has 0 amide bonds. The summed E-state index contributed by atoms with van der Waals surface area (Å²) in [5, 5.41) is 7.57. The van der Waals surface area contributed by atoms with E-state index in [0.717, 1.165) is 17.1 Å². The van der Waals surface area contributed by atoms with E-state index in [2.05, 4.69) is 226 Å². The molecule has 0 aliphatic carbocycles. The summed E-state index contributed by atoms with van der Waals surface area (Å²) in [5.41, 5.74) is 15.5. The Morgan fingerprint density at radius 1 is 0.211 bits per heavy atom. The van der Waals surface area contributed by atoms with Gasteiger partial charge in [-0.3, -0.25) is 0 Å². The van der Waals surface area contributed by atoms with Crippen molar-refractivity contribution < 1.29 is 0 Å². The SMILES string of the molecule is c1ccc(-c2ccc(-c3cccc(-n4c5ccccc5c5c6c7ccccc7n(-c7cccc(-n8c9ccccc9c9ccccc98)c7)c6ccc54)c3)cc2)cc1. The first-order valence-electron chi connectivity index (χ1n) is 19.6. The van der Waals surface area contributed by atoms with Crippen molar-refractivity contribution in [1.29, 1.82) is 0 Å². The molecule has 3 aromatic heterocycles. The van der Waals surface area contributed by atoms with Crippen LogP contribution in [0.15, 0.2) is 212 Å². The predicted molar refractivity (Wildman–Crippen MR) is 240 cm³/mol. The molecule has 3 heterocycles. The fraction of sp³-hybridized carbons (Fsp3) is 0. The van der Waals surface area contributed by atoms with Crippen LogP contribution < -0.4 is 0 Å². The largest absolute Gasteiger partial charge is 0.309 e. The lowest BCUT2D eigenvalue weighted by molar-refractivity contribution is 1.13. The second kappa shape index (κ2) is 12.5. The standard InChI is InChI=1S/C54H35N3/c1-2-14-36(15-3-1)37-28-30-38(31-29-37)39-16-12-17-40(34-39)56-49-26-10-6-22-45(49)53-51(56)32-33-52-54(53)46-23-7-11-27-50(46)57(52)42-19-13-18-41(35-42)55-47-24-8-4-20-43(47)44-21-5-9-25-48(44)55/h1-35H. The van der Waals surface area contributed by atoms with Gasteiger partial charge in [-0.25, -0.2) is 0 Å². The summed E-state index contributed by atoms with van der Waals surface area (Å²) in [7, 11) is 0. The van der Waals surface area contributed by atoms with Crippen LogP contribution in [-0.2, 0) is 0 Å². The van der Waals surface area contributed by atoms with Gasteiger partial charge in [-0.1, -0.05) is 146 Å². The zero-order valence-electron chi connectivity index (χ0n) is 31.0. The van der Waals surface area contributed by atoms with Crippen molar-refractivity contribution in [2.24, 2.45) is 0 Å². The molecule has 0 N–H and O–H groups in total. The van der Waals surface area contributed by atoms with Crippen molar-refractivity contribution in [3.05, 3.63) is 212 Å². The van der Waals surface area contributed by atoms with Crippen molar-refractivity contribution in [2.75, 3.05) is 0 Å². The van der Waals surface area contributed by atoms with E-state index in [0.29, 0.717) is 0 Å². The van der Waals surface area contributed by atoms with Crippen molar-refractivity contribution in [3.8, 4) is 39.3 Å². The summed E-state index contributed by atoms with van der Waals surface area (Å²) in [5.74, 6) is 0. The van der Waals surface area contributed by atoms with E-state index >= 15 is 0 Å². The lowest BCUT2D eigenvalue weighted by Gasteiger charge is -2.13. The monoisotopic (exact) mass is 725 g/mol. The van der Waals surface area contributed by atoms with Gasteiger partial charge in [-0.05, 0) is 89.0 Å². The van der Waals surface area contributed by atoms with Crippen molar-refractivity contribution in [2.45, 2.75) is 0 Å². The molecule has 0 saturated carbocycles. The van der Waals surface area contributed by atoms with E-state index in [9.17, 15) is 0 Å². The molecule has 0 atom stereocenters. The Bertz CT molecular complexity index is 3450. The first-order valence-corrected chi connectivity index (χ1v) is 19.6. The van der Waals surface area contributed by atoms with E-state index in [1.807, 2.05) is 0 Å². The molecule has 266 valence electrons. The summed E-state index contributed by atoms with van der Waals surface area (Å²) in [6.07, 6.45) is 0. The van der Waals surface area contributed by atoms with E-state index in [1.165, 1.54) is 87.7 Å². The van der Waals surface area contributed by atoms with Crippen LogP contribution in [-0.4, -0.2) is 13.7 Å². The summed E-state index contributed by atoms with van der Waals surface area (Å²) in [6.45, 7) is 0. The van der Waals surface area contributed by atoms with E-state index in [-0.39, 0.29) is 0 Å². The first-order chi connectivity index (χ1) is 28.3. The quantitative estimate of drug-likeness (QED) is 0.168. The maximum absolute atomic E-state index is 2.45. The van der Waals surface area contributed by atoms with Crippen molar-refractivity contribution in [3.63, 3.8) is 0 Å². The van der Waals surface area contributed by atoms with E-state index in [4.69, 9.17) is 0 Å². The van der Waals surface area contributed by atoms with Crippen LogP contribution in [0.4, 0.5) is 0 Å². The summed E-state index contributed by atoms with van der Waals surface area (Å²) >= 11 is 0. The van der Waals surface area contributed by atoms with Gasteiger partial charge < -0.3 is 13.7 Å². The third-order valence-corrected chi connectivity index (χ3v) is 11.8. The van der Waals surface area contributed by atoms with Crippen molar-refractivity contribution in [1.82, 2.24) is 13.7 Å². The third kappa shape index (κ3) is 4.79. The molecular formula is C54H35N3. The molecular weight excluding hydrogens is 691 g/mol. The lowest BCUT2D eigenvalue weighted by atomic mass is 10.00. The van der Waals surface area contributed by atoms with Crippen LogP contribution in [0, 0.1) is 0 Å². The fourth-order valence-corrected chi connectivity index (χ4v) is 9.36. The van der Waals surface area contributed by atoms with Crippen LogP contribution in [0.2, 0.25) is 0 Å². The minimum absolute atomic E-state index is 1.13. The smallest absolute Gasteiger partial charge is 0.0548 e. The molecule has 57 heavy (non-hydrogen) atoms. The molecule has 0 aliphatic rings. The van der Waals surface area contributed by atoms with Gasteiger partial charge in [0.15, 0.2) is 0 Å². The summed E-state index contributed by atoms with van der Waals surface area (Å²) in [4.78, 5) is 0. The zero-order chi connectivity index (χ0) is 37.5. The molecule has 0 bridgehead atoms. The normalized spacial score (nSPS) is 11.9. The van der Waals surface area contributed by atoms with Crippen molar-refractivity contribution >= 4 is 65.4 Å². The maximum Gasteiger partial charge on any atom is 0.0548 e. The minimum atomic E-state index is 1.13. The number of fused-ring (bicyclic) bond motifs is 10. The molecule has 3 nitrogen and oxygen atoms in total. The van der Waals surface area contributed by atoms with Gasteiger partial charge >= 0.3 is 0 Å². The minimum Gasteiger partial charge on any atom is -0.309 e. The average Bonchev–Trinajstić information content (AvgIpc) is 3.93. The van der Waals surface area contributed by atoms with Gasteiger partial charge in [0, 0.05) is 49.4 Å². The van der Waals surface area contributed by atoms with Crippen LogP contribution >= 0.6 is 0 Å². The number of hydrogen-bond donors (Lipinski definition) is 0. The summed E-state index contributed by atoms with van der Waals surface area (Å²) < 4.78 is 7.30. The predicted octanol–water partition coefficient (Wildman–Crippen LogP) is 14.3. The van der Waals surface area contributed by atoms with E-state index in [1.54, 1.807) is 0 Å². The molecule has 0 spiro atoms. The highest BCUT2D eigenvalue weighted by atomic mass is 15.0. The second-order valence-electron chi connectivity index (χ2n) is 14.9. The highest BCUT2D eigenvalue weighted by molar-refractivity contribution is 6.29. The molecule has 9 aromatic carbocycles. The van der Waals surface area contributed by atoms with Gasteiger partial charge in [0.1, 0.15) is 0 Å². The van der Waals surface area contributed by atoms with Gasteiger partial charge in [0.25, 0.3) is 0 Å². The first kappa shape index (κ1) is 31.7. The Morgan fingerprint density at radius 3 is 1.09 bits per heavy atom. The molecule has 12 aromatic rings. The number of aromatic nitrogens is 3. The van der Waals surface area contributed by atoms with Gasteiger partial charge in [0.05, 0.1) is 33.1 Å². The number of benzene rings is 9. The maximum atomic E-state index is 2.45. The third-order valence-electron chi connectivity index (χ3n) is 11.8. The van der Waals surface area contributed by atoms with Crippen LogP contribution in [0.3, 0.4) is 0 Å². The number of nitrogens with zero attached hydrogens (tertiary/aromatic N) is 3. The Morgan fingerprint density at radius 2 is 0.561 bits per heavy atom. The molecule has 0 aliphatic heterocycles. The lowest BCUT2D eigenvalue weighted by Crippen LogP contribution is -1.98. The van der Waals surface area contributed by atoms with Crippen LogP contribution in [0.1, 0.15) is 0 Å². The fourth-order valence-electron chi connectivity index (χ4n) is 9.36. The second-order valence-corrected chi connectivity index (χ2v) is 14.9. The molecule has 12 rings (SSSR count). The Balaban J connectivity index is 1.06. The number of para-hydroxylation sites is 4. The topological polar surface area (TPSA) is 14.8 Å². The summed E-state index contributed by atoms with van der Waals surface area (Å²) in [6, 6.07) is 77.3. The zero-order valence-corrected chi connectivity index (χ0v) is 31.0. The van der Waals surface area contributed by atoms with Gasteiger partial charge in [-0.15, -0.1) is 0 Å². The highest BCUT2D eigenvalue weighted by Crippen LogP contribution is 2.43. The van der Waals surface area contributed by atoms with Crippen LogP contribution in [0.5, 0.6) is 0 Å². The average molecular weight is 726 g/mol. The molecule has 0 fully saturated rings. The molecule has 0 saturated heterocycles.